The molecule has 3 aromatic rings. The highest BCUT2D eigenvalue weighted by Crippen LogP contribution is 2.24. The van der Waals surface area contributed by atoms with E-state index in [4.69, 9.17) is 0 Å². The van der Waals surface area contributed by atoms with Crippen LogP contribution in [-0.4, -0.2) is 55.2 Å². The highest BCUT2D eigenvalue weighted by molar-refractivity contribution is 5.94. The molecule has 1 unspecified atom stereocenters. The Morgan fingerprint density at radius 2 is 1.89 bits per heavy atom. The molecule has 0 spiro atoms. The van der Waals surface area contributed by atoms with Gasteiger partial charge in [0.2, 0.25) is 0 Å². The van der Waals surface area contributed by atoms with E-state index in [1.54, 1.807) is 36.4 Å². The van der Waals surface area contributed by atoms with Gasteiger partial charge >= 0.3 is 5.97 Å². The third-order valence-electron chi connectivity index (χ3n) is 5.06. The molecule has 8 nitrogen and oxygen atoms in total. The summed E-state index contributed by atoms with van der Waals surface area (Å²) in [6.45, 7) is 1.30. The molecule has 0 radical (unpaired) electrons. The molecule has 2 aromatic carbocycles. The predicted molar refractivity (Wildman–Crippen MR) is 100 cm³/mol. The highest BCUT2D eigenvalue weighted by Gasteiger charge is 2.28. The number of tetrazole rings is 1. The Bertz CT molecular complexity index is 985. The number of rotatable bonds is 5. The third-order valence-corrected chi connectivity index (χ3v) is 5.06. The zero-order chi connectivity index (χ0) is 19.5. The van der Waals surface area contributed by atoms with Crippen molar-refractivity contribution in [3.63, 3.8) is 0 Å². The fraction of sp³-hybridized carbons (Fsp3) is 0.250. The molecule has 0 saturated carbocycles. The Morgan fingerprint density at radius 3 is 2.61 bits per heavy atom. The molecule has 0 aliphatic carbocycles. The normalized spacial score (nSPS) is 16.3. The molecular weight excluding hydrogens is 358 g/mol. The Hall–Kier alpha value is -3.55. The Kier molecular flexibility index (Phi) is 4.84. The third kappa shape index (κ3) is 3.62. The molecule has 4 rings (SSSR count). The Morgan fingerprint density at radius 1 is 1.11 bits per heavy atom. The summed E-state index contributed by atoms with van der Waals surface area (Å²) in [5.41, 5.74) is 2.56. The summed E-state index contributed by atoms with van der Waals surface area (Å²) in [5, 5.41) is 20.4. The number of aromatic carboxylic acids is 1. The van der Waals surface area contributed by atoms with Crippen LogP contribution >= 0.6 is 0 Å². The lowest BCUT2D eigenvalue weighted by Crippen LogP contribution is -2.29. The first-order valence-electron chi connectivity index (χ1n) is 9.05. The van der Waals surface area contributed by atoms with Gasteiger partial charge in [-0.15, -0.1) is 5.10 Å². The molecule has 0 bridgehead atoms. The lowest BCUT2D eigenvalue weighted by Gasteiger charge is -2.17. The maximum absolute atomic E-state index is 12.8. The molecular formula is C20H19N5O3. The summed E-state index contributed by atoms with van der Waals surface area (Å²) in [6.07, 6.45) is 3.02. The molecule has 28 heavy (non-hydrogen) atoms. The standard InChI is InChI=1S/C20H19N5O3/c26-19(15-5-7-17(8-6-15)25-13-21-22-23-25)24-10-9-14(12-24)11-16-3-1-2-4-18(16)20(27)28/h1-8,13-14H,9-12H2,(H,27,28). The van der Waals surface area contributed by atoms with Gasteiger partial charge in [-0.2, -0.15) is 0 Å². The lowest BCUT2D eigenvalue weighted by molar-refractivity contribution is 0.0694. The number of carbonyl (C=O) groups excluding carboxylic acids is 1. The van der Waals surface area contributed by atoms with E-state index in [1.165, 1.54) is 11.0 Å². The monoisotopic (exact) mass is 377 g/mol. The highest BCUT2D eigenvalue weighted by atomic mass is 16.4. The van der Waals surface area contributed by atoms with Crippen molar-refractivity contribution in [3.8, 4) is 5.69 Å². The van der Waals surface area contributed by atoms with E-state index in [9.17, 15) is 14.7 Å². The van der Waals surface area contributed by atoms with Crippen LogP contribution < -0.4 is 0 Å². The first-order chi connectivity index (χ1) is 13.6. The first-order valence-corrected chi connectivity index (χ1v) is 9.05. The van der Waals surface area contributed by atoms with E-state index in [2.05, 4.69) is 15.5 Å². The number of carboxylic acid groups (broad SMARTS) is 1. The van der Waals surface area contributed by atoms with E-state index >= 15 is 0 Å². The molecule has 1 saturated heterocycles. The van der Waals surface area contributed by atoms with Gasteiger partial charge in [0, 0.05) is 18.7 Å². The van der Waals surface area contributed by atoms with E-state index in [-0.39, 0.29) is 11.8 Å². The maximum atomic E-state index is 12.8. The van der Waals surface area contributed by atoms with Crippen molar-refractivity contribution in [3.05, 3.63) is 71.5 Å². The van der Waals surface area contributed by atoms with Crippen molar-refractivity contribution in [1.82, 2.24) is 25.1 Å². The second-order valence-corrected chi connectivity index (χ2v) is 6.87. The second kappa shape index (κ2) is 7.59. The smallest absolute Gasteiger partial charge is 0.335 e. The number of nitrogens with zero attached hydrogens (tertiary/aromatic N) is 5. The predicted octanol–water partition coefficient (Wildman–Crippen LogP) is 2.07. The van der Waals surface area contributed by atoms with Crippen molar-refractivity contribution >= 4 is 11.9 Å². The van der Waals surface area contributed by atoms with Crippen LogP contribution in [0.1, 0.15) is 32.7 Å². The summed E-state index contributed by atoms with van der Waals surface area (Å²) in [7, 11) is 0. The largest absolute Gasteiger partial charge is 0.478 e. The molecule has 1 aromatic heterocycles. The molecule has 1 amide bonds. The van der Waals surface area contributed by atoms with Crippen molar-refractivity contribution in [2.24, 2.45) is 5.92 Å². The van der Waals surface area contributed by atoms with Crippen LogP contribution in [-0.2, 0) is 6.42 Å². The minimum atomic E-state index is -0.913. The van der Waals surface area contributed by atoms with Gasteiger partial charge in [-0.3, -0.25) is 4.79 Å². The van der Waals surface area contributed by atoms with Gasteiger partial charge in [0.05, 0.1) is 11.3 Å². The number of carboxylic acids is 1. The van der Waals surface area contributed by atoms with Gasteiger partial charge in [-0.1, -0.05) is 18.2 Å². The molecule has 1 aliphatic heterocycles. The van der Waals surface area contributed by atoms with Crippen LogP contribution in [0.3, 0.4) is 0 Å². The second-order valence-electron chi connectivity index (χ2n) is 6.87. The van der Waals surface area contributed by atoms with Crippen molar-refractivity contribution in [1.29, 1.82) is 0 Å². The molecule has 1 aliphatic rings. The van der Waals surface area contributed by atoms with Gasteiger partial charge < -0.3 is 10.0 Å². The van der Waals surface area contributed by atoms with Crippen molar-refractivity contribution in [2.75, 3.05) is 13.1 Å². The molecule has 142 valence electrons. The number of benzene rings is 2. The van der Waals surface area contributed by atoms with Gasteiger partial charge in [-0.05, 0) is 65.1 Å². The summed E-state index contributed by atoms with van der Waals surface area (Å²) >= 11 is 0. The first kappa shape index (κ1) is 17.8. The van der Waals surface area contributed by atoms with Crippen LogP contribution in [0.15, 0.2) is 54.9 Å². The van der Waals surface area contributed by atoms with Crippen molar-refractivity contribution < 1.29 is 14.7 Å². The summed E-state index contributed by atoms with van der Waals surface area (Å²) in [5.74, 6) is -0.675. The van der Waals surface area contributed by atoms with Crippen LogP contribution in [0.5, 0.6) is 0 Å². The van der Waals surface area contributed by atoms with Gasteiger partial charge in [0.1, 0.15) is 6.33 Å². The van der Waals surface area contributed by atoms with Gasteiger partial charge in [0.15, 0.2) is 0 Å². The number of hydrogen-bond donors (Lipinski definition) is 1. The quantitative estimate of drug-likeness (QED) is 0.730. The molecule has 1 atom stereocenters. The Balaban J connectivity index is 1.41. The average molecular weight is 377 g/mol. The minimum Gasteiger partial charge on any atom is -0.478 e. The summed E-state index contributed by atoms with van der Waals surface area (Å²) < 4.78 is 1.53. The number of carbonyl (C=O) groups is 2. The average Bonchev–Trinajstić information content (AvgIpc) is 3.40. The van der Waals surface area contributed by atoms with Crippen LogP contribution in [0.25, 0.3) is 5.69 Å². The topological polar surface area (TPSA) is 101 Å². The fourth-order valence-corrected chi connectivity index (χ4v) is 3.62. The van der Waals surface area contributed by atoms with Crippen LogP contribution in [0.4, 0.5) is 0 Å². The molecule has 1 N–H and O–H groups in total. The van der Waals surface area contributed by atoms with E-state index in [1.807, 2.05) is 17.0 Å². The lowest BCUT2D eigenvalue weighted by atomic mass is 9.95. The van der Waals surface area contributed by atoms with Crippen LogP contribution in [0, 0.1) is 5.92 Å². The Labute approximate surface area is 161 Å². The minimum absolute atomic E-state index is 0.0164. The van der Waals surface area contributed by atoms with Crippen molar-refractivity contribution in [2.45, 2.75) is 12.8 Å². The number of hydrogen-bond acceptors (Lipinski definition) is 5. The van der Waals surface area contributed by atoms with Crippen LogP contribution in [0.2, 0.25) is 0 Å². The number of likely N-dealkylation sites (tertiary alicyclic amines) is 1. The molecule has 1 fully saturated rings. The van der Waals surface area contributed by atoms with E-state index in [0.717, 1.165) is 17.7 Å². The van der Waals surface area contributed by atoms with Gasteiger partial charge in [-0.25, -0.2) is 9.48 Å². The number of amides is 1. The SMILES string of the molecule is O=C(O)c1ccccc1CC1CCN(C(=O)c2ccc(-n3cnnn3)cc2)C1. The zero-order valence-corrected chi connectivity index (χ0v) is 15.1. The molecule has 2 heterocycles. The van der Waals surface area contributed by atoms with E-state index < -0.39 is 5.97 Å². The molecule has 8 heteroatoms. The fourth-order valence-electron chi connectivity index (χ4n) is 3.62. The maximum Gasteiger partial charge on any atom is 0.335 e. The zero-order valence-electron chi connectivity index (χ0n) is 15.1. The summed E-state index contributed by atoms with van der Waals surface area (Å²) in [6, 6.07) is 14.2. The van der Waals surface area contributed by atoms with Gasteiger partial charge in [0.25, 0.3) is 5.91 Å². The number of aromatic nitrogens is 4. The summed E-state index contributed by atoms with van der Waals surface area (Å²) in [4.78, 5) is 26.0. The van der Waals surface area contributed by atoms with E-state index in [0.29, 0.717) is 30.6 Å².